The van der Waals surface area contributed by atoms with E-state index in [1.165, 1.54) is 17.8 Å². The summed E-state index contributed by atoms with van der Waals surface area (Å²) >= 11 is 1.48. The molecule has 28 heavy (non-hydrogen) atoms. The van der Waals surface area contributed by atoms with Gasteiger partial charge in [0.05, 0.1) is 23.7 Å². The van der Waals surface area contributed by atoms with Gasteiger partial charge in [0.25, 0.3) is 5.56 Å². The van der Waals surface area contributed by atoms with E-state index in [-0.39, 0.29) is 5.56 Å². The van der Waals surface area contributed by atoms with Gasteiger partial charge in [-0.25, -0.2) is 4.98 Å². The maximum absolute atomic E-state index is 13.4. The monoisotopic (exact) mass is 392 g/mol. The van der Waals surface area contributed by atoms with Crippen LogP contribution in [0.1, 0.15) is 43.4 Å². The van der Waals surface area contributed by atoms with E-state index < -0.39 is 0 Å². The van der Waals surface area contributed by atoms with Crippen LogP contribution in [-0.2, 0) is 13.0 Å². The molecule has 0 N–H and O–H groups in total. The Hall–Kier alpha value is -2.65. The van der Waals surface area contributed by atoms with Crippen LogP contribution >= 0.6 is 11.3 Å². The number of nitriles is 1. The average molecular weight is 393 g/mol. The minimum Gasteiger partial charge on any atom is -0.342 e. The standard InChI is InChI=1S/C22H24N4OS/c1-3-16-14-28-20-19(16)24-22(25-10-6-7-15(2)12-25)26(21(20)27)13-18-9-5-4-8-17(18)11-23/h4-5,8-9,14-15H,3,6-7,10,12-13H2,1-2H3. The fourth-order valence-corrected chi connectivity index (χ4v) is 5.02. The summed E-state index contributed by atoms with van der Waals surface area (Å²) in [6, 6.07) is 9.73. The van der Waals surface area contributed by atoms with E-state index in [2.05, 4.69) is 30.2 Å². The van der Waals surface area contributed by atoms with Crippen molar-refractivity contribution >= 4 is 27.5 Å². The van der Waals surface area contributed by atoms with E-state index in [0.29, 0.717) is 22.7 Å². The zero-order valence-electron chi connectivity index (χ0n) is 16.3. The third-order valence-corrected chi connectivity index (χ3v) is 6.52. The van der Waals surface area contributed by atoms with Gasteiger partial charge < -0.3 is 4.90 Å². The second-order valence-corrected chi connectivity index (χ2v) is 8.44. The smallest absolute Gasteiger partial charge is 0.273 e. The van der Waals surface area contributed by atoms with Gasteiger partial charge in [0.1, 0.15) is 4.70 Å². The molecule has 0 saturated carbocycles. The molecule has 3 aromatic rings. The summed E-state index contributed by atoms with van der Waals surface area (Å²) in [5.74, 6) is 1.32. The molecule has 1 aliphatic rings. The number of hydrogen-bond acceptors (Lipinski definition) is 5. The Balaban J connectivity index is 1.90. The summed E-state index contributed by atoms with van der Waals surface area (Å²) in [5.41, 5.74) is 3.43. The number of anilines is 1. The van der Waals surface area contributed by atoms with Gasteiger partial charge in [0.2, 0.25) is 5.95 Å². The van der Waals surface area contributed by atoms with Crippen LogP contribution < -0.4 is 10.5 Å². The molecule has 144 valence electrons. The number of hydrogen-bond donors (Lipinski definition) is 0. The Morgan fingerprint density at radius 2 is 2.14 bits per heavy atom. The molecule has 1 saturated heterocycles. The summed E-state index contributed by atoms with van der Waals surface area (Å²) in [4.78, 5) is 20.7. The highest BCUT2D eigenvalue weighted by Crippen LogP contribution is 2.27. The minimum atomic E-state index is -0.00401. The van der Waals surface area contributed by atoms with Crippen LogP contribution in [0.25, 0.3) is 10.2 Å². The van der Waals surface area contributed by atoms with Crippen molar-refractivity contribution in [2.45, 2.75) is 39.7 Å². The van der Waals surface area contributed by atoms with Crippen molar-refractivity contribution in [1.82, 2.24) is 9.55 Å². The molecule has 3 heterocycles. The summed E-state index contributed by atoms with van der Waals surface area (Å²) < 4.78 is 2.48. The maximum Gasteiger partial charge on any atom is 0.273 e. The first-order chi connectivity index (χ1) is 13.6. The van der Waals surface area contributed by atoms with Crippen LogP contribution in [0.2, 0.25) is 0 Å². The number of aromatic nitrogens is 2. The van der Waals surface area contributed by atoms with Crippen LogP contribution in [-0.4, -0.2) is 22.6 Å². The SMILES string of the molecule is CCc1csc2c(=O)n(Cc3ccccc3C#N)c(N3CCCC(C)C3)nc12. The number of benzene rings is 1. The second-order valence-electron chi connectivity index (χ2n) is 7.56. The highest BCUT2D eigenvalue weighted by molar-refractivity contribution is 7.17. The van der Waals surface area contributed by atoms with Crippen molar-refractivity contribution < 1.29 is 0 Å². The largest absolute Gasteiger partial charge is 0.342 e. The predicted molar refractivity (Wildman–Crippen MR) is 114 cm³/mol. The lowest BCUT2D eigenvalue weighted by molar-refractivity contribution is 0.437. The molecule has 0 aliphatic carbocycles. The van der Waals surface area contributed by atoms with Gasteiger partial charge >= 0.3 is 0 Å². The molecule has 1 aliphatic heterocycles. The Kier molecular flexibility index (Phi) is 5.19. The molecule has 0 spiro atoms. The minimum absolute atomic E-state index is 0.00401. The van der Waals surface area contributed by atoms with E-state index in [1.54, 1.807) is 10.6 Å². The van der Waals surface area contributed by atoms with Crippen molar-refractivity contribution in [3.05, 3.63) is 56.7 Å². The first-order valence-electron chi connectivity index (χ1n) is 9.86. The average Bonchev–Trinajstić information content (AvgIpc) is 3.13. The van der Waals surface area contributed by atoms with Crippen LogP contribution in [0.5, 0.6) is 0 Å². The molecular weight excluding hydrogens is 368 g/mol. The molecule has 1 aromatic carbocycles. The Morgan fingerprint density at radius 1 is 1.32 bits per heavy atom. The van der Waals surface area contributed by atoms with E-state index in [9.17, 15) is 10.1 Å². The Morgan fingerprint density at radius 3 is 2.89 bits per heavy atom. The van der Waals surface area contributed by atoms with Gasteiger partial charge in [-0.15, -0.1) is 11.3 Å². The van der Waals surface area contributed by atoms with Gasteiger partial charge in [-0.2, -0.15) is 5.26 Å². The molecule has 0 amide bonds. The number of fused-ring (bicyclic) bond motifs is 1. The molecule has 2 aromatic heterocycles. The second kappa shape index (κ2) is 7.76. The molecule has 5 nitrogen and oxygen atoms in total. The van der Waals surface area contributed by atoms with Gasteiger partial charge in [-0.3, -0.25) is 9.36 Å². The molecule has 0 bridgehead atoms. The molecule has 6 heteroatoms. The number of aryl methyl sites for hydroxylation is 1. The number of rotatable bonds is 4. The molecular formula is C22H24N4OS. The quantitative estimate of drug-likeness (QED) is 0.668. The number of piperidine rings is 1. The maximum atomic E-state index is 13.4. The van der Waals surface area contributed by atoms with E-state index in [0.717, 1.165) is 48.5 Å². The van der Waals surface area contributed by atoms with Gasteiger partial charge in [0, 0.05) is 13.1 Å². The molecule has 1 atom stereocenters. The summed E-state index contributed by atoms with van der Waals surface area (Å²) in [6.07, 6.45) is 3.18. The van der Waals surface area contributed by atoms with Crippen molar-refractivity contribution in [2.75, 3.05) is 18.0 Å². The van der Waals surface area contributed by atoms with Crippen LogP contribution in [0.3, 0.4) is 0 Å². The fourth-order valence-electron chi connectivity index (χ4n) is 3.98. The predicted octanol–water partition coefficient (Wildman–Crippen LogP) is 4.18. The first kappa shape index (κ1) is 18.7. The van der Waals surface area contributed by atoms with E-state index >= 15 is 0 Å². The van der Waals surface area contributed by atoms with Crippen molar-refractivity contribution in [2.24, 2.45) is 5.92 Å². The summed E-state index contributed by atoms with van der Waals surface area (Å²) in [7, 11) is 0. The zero-order valence-corrected chi connectivity index (χ0v) is 17.1. The van der Waals surface area contributed by atoms with Crippen LogP contribution in [0.15, 0.2) is 34.4 Å². The van der Waals surface area contributed by atoms with E-state index in [4.69, 9.17) is 4.98 Å². The number of nitrogens with zero attached hydrogens (tertiary/aromatic N) is 4. The van der Waals surface area contributed by atoms with Crippen molar-refractivity contribution in [3.63, 3.8) is 0 Å². The van der Waals surface area contributed by atoms with E-state index in [1.807, 2.05) is 18.2 Å². The summed E-state index contributed by atoms with van der Waals surface area (Å²) in [6.45, 7) is 6.53. The van der Waals surface area contributed by atoms with Gasteiger partial charge in [-0.05, 0) is 47.8 Å². The Bertz CT molecular complexity index is 1110. The van der Waals surface area contributed by atoms with Crippen LogP contribution in [0, 0.1) is 17.2 Å². The molecule has 4 rings (SSSR count). The molecule has 1 unspecified atom stereocenters. The highest BCUT2D eigenvalue weighted by Gasteiger charge is 2.24. The van der Waals surface area contributed by atoms with Gasteiger partial charge in [-0.1, -0.05) is 32.0 Å². The molecule has 0 radical (unpaired) electrons. The lowest BCUT2D eigenvalue weighted by Crippen LogP contribution is -2.39. The Labute approximate surface area is 168 Å². The van der Waals surface area contributed by atoms with Crippen molar-refractivity contribution in [3.8, 4) is 6.07 Å². The van der Waals surface area contributed by atoms with Gasteiger partial charge in [0.15, 0.2) is 0 Å². The third-order valence-electron chi connectivity index (χ3n) is 5.52. The number of thiophene rings is 1. The summed E-state index contributed by atoms with van der Waals surface area (Å²) in [5, 5.41) is 11.5. The lowest BCUT2D eigenvalue weighted by Gasteiger charge is -2.33. The third kappa shape index (κ3) is 3.31. The lowest BCUT2D eigenvalue weighted by atomic mass is 10.0. The van der Waals surface area contributed by atoms with Crippen LogP contribution in [0.4, 0.5) is 5.95 Å². The molecule has 1 fully saturated rings. The topological polar surface area (TPSA) is 61.9 Å². The van der Waals surface area contributed by atoms with Crippen molar-refractivity contribution in [1.29, 1.82) is 5.26 Å². The zero-order chi connectivity index (χ0) is 19.7. The first-order valence-corrected chi connectivity index (χ1v) is 10.7. The fraction of sp³-hybridized carbons (Fsp3) is 0.409. The normalized spacial score (nSPS) is 17.0. The highest BCUT2D eigenvalue weighted by atomic mass is 32.1.